The van der Waals surface area contributed by atoms with Gasteiger partial charge in [0, 0.05) is 19.0 Å². The SMILES string of the molecule is CC1CCN(CCC(=O)NCc2cc(C(C)C)no2)CC1. The molecule has 1 N–H and O–H groups in total. The van der Waals surface area contributed by atoms with Crippen LogP contribution in [0.2, 0.25) is 0 Å². The third-order valence-corrected chi connectivity index (χ3v) is 4.16. The van der Waals surface area contributed by atoms with Gasteiger partial charge in [-0.2, -0.15) is 0 Å². The monoisotopic (exact) mass is 293 g/mol. The van der Waals surface area contributed by atoms with Gasteiger partial charge in [-0.1, -0.05) is 25.9 Å². The fourth-order valence-corrected chi connectivity index (χ4v) is 2.50. The van der Waals surface area contributed by atoms with Crippen molar-refractivity contribution in [1.29, 1.82) is 0 Å². The van der Waals surface area contributed by atoms with E-state index in [0.29, 0.717) is 18.9 Å². The lowest BCUT2D eigenvalue weighted by molar-refractivity contribution is -0.121. The summed E-state index contributed by atoms with van der Waals surface area (Å²) < 4.78 is 5.21. The summed E-state index contributed by atoms with van der Waals surface area (Å²) in [5.74, 6) is 1.98. The van der Waals surface area contributed by atoms with Gasteiger partial charge in [0.2, 0.25) is 5.91 Å². The highest BCUT2D eigenvalue weighted by Crippen LogP contribution is 2.16. The molecule has 1 amide bonds. The molecule has 5 heteroatoms. The second-order valence-electron chi connectivity index (χ2n) is 6.42. The summed E-state index contributed by atoms with van der Waals surface area (Å²) in [7, 11) is 0. The lowest BCUT2D eigenvalue weighted by Gasteiger charge is -2.29. The maximum Gasteiger partial charge on any atom is 0.221 e. The molecule has 1 aromatic heterocycles. The first kappa shape index (κ1) is 16.0. The molecule has 0 radical (unpaired) electrons. The van der Waals surface area contributed by atoms with Crippen LogP contribution in [0.5, 0.6) is 0 Å². The molecule has 0 aliphatic carbocycles. The summed E-state index contributed by atoms with van der Waals surface area (Å²) in [6.07, 6.45) is 3.05. The fraction of sp³-hybridized carbons (Fsp3) is 0.750. The summed E-state index contributed by atoms with van der Waals surface area (Å²) in [5.41, 5.74) is 0.932. The van der Waals surface area contributed by atoms with E-state index in [9.17, 15) is 4.79 Å². The first-order valence-electron chi connectivity index (χ1n) is 7.99. The number of carbonyl (C=O) groups is 1. The molecule has 1 fully saturated rings. The van der Waals surface area contributed by atoms with Gasteiger partial charge in [0.1, 0.15) is 0 Å². The predicted molar refractivity (Wildman–Crippen MR) is 81.9 cm³/mol. The van der Waals surface area contributed by atoms with Crippen LogP contribution < -0.4 is 5.32 Å². The molecule has 0 aromatic carbocycles. The van der Waals surface area contributed by atoms with E-state index >= 15 is 0 Å². The van der Waals surface area contributed by atoms with Crippen molar-refractivity contribution in [3.8, 4) is 0 Å². The van der Waals surface area contributed by atoms with Gasteiger partial charge in [-0.3, -0.25) is 4.79 Å². The van der Waals surface area contributed by atoms with Crippen LogP contribution in [-0.4, -0.2) is 35.6 Å². The van der Waals surface area contributed by atoms with Crippen LogP contribution in [0.25, 0.3) is 0 Å². The Labute approximate surface area is 127 Å². The van der Waals surface area contributed by atoms with Gasteiger partial charge in [0.25, 0.3) is 0 Å². The number of nitrogens with zero attached hydrogens (tertiary/aromatic N) is 2. The van der Waals surface area contributed by atoms with E-state index in [2.05, 4.69) is 36.1 Å². The maximum absolute atomic E-state index is 11.9. The number of amides is 1. The molecule has 118 valence electrons. The first-order valence-corrected chi connectivity index (χ1v) is 7.99. The van der Waals surface area contributed by atoms with Gasteiger partial charge < -0.3 is 14.7 Å². The van der Waals surface area contributed by atoms with E-state index in [1.165, 1.54) is 12.8 Å². The van der Waals surface area contributed by atoms with Crippen LogP contribution in [0.4, 0.5) is 0 Å². The average Bonchev–Trinajstić information content (AvgIpc) is 2.93. The molecular formula is C16H27N3O2. The summed E-state index contributed by atoms with van der Waals surface area (Å²) in [5, 5.41) is 6.89. The quantitative estimate of drug-likeness (QED) is 0.875. The number of nitrogens with one attached hydrogen (secondary N) is 1. The van der Waals surface area contributed by atoms with E-state index in [1.54, 1.807) is 0 Å². The molecule has 1 aliphatic rings. The average molecular weight is 293 g/mol. The van der Waals surface area contributed by atoms with E-state index in [4.69, 9.17) is 4.52 Å². The number of carbonyl (C=O) groups excluding carboxylic acids is 1. The largest absolute Gasteiger partial charge is 0.359 e. The highest BCUT2D eigenvalue weighted by molar-refractivity contribution is 5.75. The summed E-state index contributed by atoms with van der Waals surface area (Å²) >= 11 is 0. The number of likely N-dealkylation sites (tertiary alicyclic amines) is 1. The van der Waals surface area contributed by atoms with Gasteiger partial charge in [-0.25, -0.2) is 0 Å². The molecule has 0 spiro atoms. The van der Waals surface area contributed by atoms with Gasteiger partial charge >= 0.3 is 0 Å². The van der Waals surface area contributed by atoms with Gasteiger partial charge in [0.15, 0.2) is 5.76 Å². The number of hydrogen-bond donors (Lipinski definition) is 1. The Morgan fingerprint density at radius 2 is 2.19 bits per heavy atom. The Morgan fingerprint density at radius 1 is 1.48 bits per heavy atom. The van der Waals surface area contributed by atoms with Crippen molar-refractivity contribution in [3.63, 3.8) is 0 Å². The molecule has 0 bridgehead atoms. The Hall–Kier alpha value is -1.36. The molecule has 21 heavy (non-hydrogen) atoms. The van der Waals surface area contributed by atoms with E-state index in [0.717, 1.165) is 37.0 Å². The van der Waals surface area contributed by atoms with E-state index < -0.39 is 0 Å². The zero-order valence-corrected chi connectivity index (χ0v) is 13.4. The zero-order valence-electron chi connectivity index (χ0n) is 13.4. The second-order valence-corrected chi connectivity index (χ2v) is 6.42. The van der Waals surface area contributed by atoms with Crippen LogP contribution >= 0.6 is 0 Å². The standard InChI is InChI=1S/C16H27N3O2/c1-12(2)15-10-14(21-18-15)11-17-16(20)6-9-19-7-4-13(3)5-8-19/h10,12-13H,4-9,11H2,1-3H3,(H,17,20). The zero-order chi connectivity index (χ0) is 15.2. The van der Waals surface area contributed by atoms with Crippen molar-refractivity contribution in [2.45, 2.75) is 52.5 Å². The molecule has 1 aliphatic heterocycles. The van der Waals surface area contributed by atoms with Gasteiger partial charge in [-0.05, 0) is 37.8 Å². The molecule has 0 unspecified atom stereocenters. The minimum Gasteiger partial charge on any atom is -0.359 e. The normalized spacial score (nSPS) is 17.3. The predicted octanol–water partition coefficient (Wildman–Crippen LogP) is 2.54. The fourth-order valence-electron chi connectivity index (χ4n) is 2.50. The highest BCUT2D eigenvalue weighted by Gasteiger charge is 2.16. The minimum atomic E-state index is 0.0797. The minimum absolute atomic E-state index is 0.0797. The molecular weight excluding hydrogens is 266 g/mol. The van der Waals surface area contributed by atoms with Crippen molar-refractivity contribution in [3.05, 3.63) is 17.5 Å². The van der Waals surface area contributed by atoms with Crippen molar-refractivity contribution < 1.29 is 9.32 Å². The molecule has 1 saturated heterocycles. The summed E-state index contributed by atoms with van der Waals surface area (Å²) in [6.45, 7) is 9.95. The molecule has 0 atom stereocenters. The Kier molecular flexibility index (Phi) is 5.79. The molecule has 5 nitrogen and oxygen atoms in total. The van der Waals surface area contributed by atoms with Crippen LogP contribution in [-0.2, 0) is 11.3 Å². The Morgan fingerprint density at radius 3 is 2.81 bits per heavy atom. The van der Waals surface area contributed by atoms with E-state index in [-0.39, 0.29) is 5.91 Å². The van der Waals surface area contributed by atoms with Crippen molar-refractivity contribution in [2.75, 3.05) is 19.6 Å². The number of rotatable bonds is 6. The third kappa shape index (κ3) is 5.16. The lowest BCUT2D eigenvalue weighted by atomic mass is 9.99. The van der Waals surface area contributed by atoms with Gasteiger partial charge in [-0.15, -0.1) is 0 Å². The van der Waals surface area contributed by atoms with Gasteiger partial charge in [0.05, 0.1) is 12.2 Å². The first-order chi connectivity index (χ1) is 10.0. The van der Waals surface area contributed by atoms with Crippen molar-refractivity contribution in [2.24, 2.45) is 5.92 Å². The lowest BCUT2D eigenvalue weighted by Crippen LogP contribution is -2.36. The van der Waals surface area contributed by atoms with Crippen molar-refractivity contribution >= 4 is 5.91 Å². The molecule has 0 saturated carbocycles. The topological polar surface area (TPSA) is 58.4 Å². The number of hydrogen-bond acceptors (Lipinski definition) is 4. The van der Waals surface area contributed by atoms with E-state index in [1.807, 2.05) is 6.07 Å². The number of piperidine rings is 1. The van der Waals surface area contributed by atoms with Crippen LogP contribution in [0.3, 0.4) is 0 Å². The second kappa shape index (κ2) is 7.59. The molecule has 1 aromatic rings. The number of aromatic nitrogens is 1. The smallest absolute Gasteiger partial charge is 0.221 e. The molecule has 2 rings (SSSR count). The highest BCUT2D eigenvalue weighted by atomic mass is 16.5. The summed E-state index contributed by atoms with van der Waals surface area (Å²) in [4.78, 5) is 14.2. The molecule has 2 heterocycles. The van der Waals surface area contributed by atoms with Crippen LogP contribution in [0, 0.1) is 5.92 Å². The Balaban J connectivity index is 1.65. The van der Waals surface area contributed by atoms with Crippen molar-refractivity contribution in [1.82, 2.24) is 15.4 Å². The Bertz CT molecular complexity index is 448. The van der Waals surface area contributed by atoms with Crippen LogP contribution in [0.1, 0.15) is 57.4 Å². The van der Waals surface area contributed by atoms with Crippen LogP contribution in [0.15, 0.2) is 10.6 Å². The maximum atomic E-state index is 11.9. The third-order valence-electron chi connectivity index (χ3n) is 4.16. The summed E-state index contributed by atoms with van der Waals surface area (Å²) in [6, 6.07) is 1.91.